The Bertz CT molecular complexity index is 1410. The van der Waals surface area contributed by atoms with Crippen molar-refractivity contribution in [1.82, 2.24) is 10.6 Å². The van der Waals surface area contributed by atoms with Gasteiger partial charge in [0.1, 0.15) is 17.7 Å². The highest BCUT2D eigenvalue weighted by molar-refractivity contribution is 6.31. The minimum Gasteiger partial charge on any atom is -0.404 e. The Balaban J connectivity index is 1.66. The molecule has 8 nitrogen and oxygen atoms in total. The van der Waals surface area contributed by atoms with Crippen LogP contribution in [0.5, 0.6) is 0 Å². The van der Waals surface area contributed by atoms with Gasteiger partial charge in [-0.2, -0.15) is 4.99 Å². The van der Waals surface area contributed by atoms with E-state index in [1.165, 1.54) is 18.3 Å². The molecule has 4 rings (SSSR count). The number of rotatable bonds is 5. The number of nitrogens with one attached hydrogen (secondary N) is 3. The van der Waals surface area contributed by atoms with Crippen LogP contribution in [0.3, 0.4) is 0 Å². The zero-order chi connectivity index (χ0) is 26.7. The molecular weight excluding hydrogens is 493 g/mol. The summed E-state index contributed by atoms with van der Waals surface area (Å²) in [6.07, 6.45) is 1.87. The number of guanidine groups is 1. The number of halogens is 2. The number of carbonyl (C=O) groups excluding carboxylic acids is 1. The highest BCUT2D eigenvalue weighted by Crippen LogP contribution is 2.35. The Morgan fingerprint density at radius 1 is 1.27 bits per heavy atom. The average molecular weight is 522 g/mol. The number of amidine groups is 1. The maximum atomic E-state index is 13.6. The van der Waals surface area contributed by atoms with Crippen molar-refractivity contribution >= 4 is 40.7 Å². The number of aryl methyl sites for hydroxylation is 1. The lowest BCUT2D eigenvalue weighted by Gasteiger charge is -2.26. The molecule has 0 bridgehead atoms. The summed E-state index contributed by atoms with van der Waals surface area (Å²) >= 11 is 6.62. The number of allylic oxidation sites excluding steroid dienone is 1. The molecule has 2 aromatic carbocycles. The standard InChI is InChI=1S/C27H29ClFN7O/c1-14-5-7-20(21(28)9-14)25-24(26(37)32-13-18(12-30)15(2)31-4)16(3)33-27(36-25)35-23-11-17-10-19(29)6-8-22(17)34-23/h5-10,12,25H,11,13,30H2,1-4H3,(H,32,37)(H2,33,34,35,36). The van der Waals surface area contributed by atoms with E-state index >= 15 is 0 Å². The molecule has 1 amide bonds. The van der Waals surface area contributed by atoms with Crippen LogP contribution in [0.25, 0.3) is 0 Å². The first-order chi connectivity index (χ1) is 17.7. The summed E-state index contributed by atoms with van der Waals surface area (Å²) in [6, 6.07) is 9.51. The van der Waals surface area contributed by atoms with Gasteiger partial charge < -0.3 is 21.7 Å². The molecule has 10 heteroatoms. The molecule has 0 radical (unpaired) electrons. The second-order valence-corrected chi connectivity index (χ2v) is 9.30. The Morgan fingerprint density at radius 3 is 2.76 bits per heavy atom. The fraction of sp³-hybridized carbons (Fsp3) is 0.259. The third kappa shape index (κ3) is 5.72. The minimum absolute atomic E-state index is 0.210. The van der Waals surface area contributed by atoms with Crippen molar-refractivity contribution < 1.29 is 9.18 Å². The molecule has 0 aliphatic carbocycles. The van der Waals surface area contributed by atoms with Crippen LogP contribution in [0.4, 0.5) is 10.1 Å². The number of carbonyl (C=O) groups is 1. The van der Waals surface area contributed by atoms with Crippen molar-refractivity contribution in [2.75, 3.05) is 18.9 Å². The molecule has 2 aliphatic heterocycles. The number of benzene rings is 2. The number of hydrogen-bond donors (Lipinski definition) is 4. The third-order valence-electron chi connectivity index (χ3n) is 6.31. The van der Waals surface area contributed by atoms with Crippen LogP contribution >= 0.6 is 11.6 Å². The maximum absolute atomic E-state index is 13.6. The normalized spacial score (nSPS) is 18.8. The van der Waals surface area contributed by atoms with E-state index in [0.29, 0.717) is 45.6 Å². The molecule has 0 saturated carbocycles. The van der Waals surface area contributed by atoms with Gasteiger partial charge >= 0.3 is 0 Å². The second kappa shape index (κ2) is 11.0. The van der Waals surface area contributed by atoms with Gasteiger partial charge in [-0.05, 0) is 56.2 Å². The third-order valence-corrected chi connectivity index (χ3v) is 6.64. The molecule has 0 spiro atoms. The molecule has 5 N–H and O–H groups in total. The summed E-state index contributed by atoms with van der Waals surface area (Å²) in [6.45, 7) is 5.77. The molecular formula is C27H29ClFN7O. The molecule has 0 saturated heterocycles. The zero-order valence-corrected chi connectivity index (χ0v) is 21.9. The predicted molar refractivity (Wildman–Crippen MR) is 148 cm³/mol. The molecule has 0 aromatic heterocycles. The molecule has 192 valence electrons. The fourth-order valence-electron chi connectivity index (χ4n) is 4.22. The van der Waals surface area contributed by atoms with E-state index in [1.54, 1.807) is 20.0 Å². The number of fused-ring (bicyclic) bond motifs is 1. The van der Waals surface area contributed by atoms with Crippen molar-refractivity contribution in [2.45, 2.75) is 33.2 Å². The van der Waals surface area contributed by atoms with E-state index in [1.807, 2.05) is 32.0 Å². The molecule has 1 atom stereocenters. The first-order valence-electron chi connectivity index (χ1n) is 11.8. The van der Waals surface area contributed by atoms with Crippen LogP contribution in [-0.4, -0.2) is 37.0 Å². The lowest BCUT2D eigenvalue weighted by atomic mass is 9.94. The van der Waals surface area contributed by atoms with E-state index in [9.17, 15) is 9.18 Å². The van der Waals surface area contributed by atoms with Gasteiger partial charge in [0.2, 0.25) is 5.96 Å². The fourth-order valence-corrected chi connectivity index (χ4v) is 4.56. The van der Waals surface area contributed by atoms with E-state index in [2.05, 4.69) is 25.9 Å². The van der Waals surface area contributed by atoms with E-state index in [4.69, 9.17) is 22.3 Å². The SMILES string of the molecule is CN=C(C)C(=CN)CNC(=O)C1=C(C)NC(N=C2Cc3cc(F)ccc3N2)=NC1c1ccc(C)cc1Cl. The first kappa shape index (κ1) is 26.1. The molecule has 37 heavy (non-hydrogen) atoms. The van der Waals surface area contributed by atoms with Crippen molar-refractivity contribution in [3.8, 4) is 0 Å². The Kier molecular flexibility index (Phi) is 7.73. The average Bonchev–Trinajstić information content (AvgIpc) is 3.24. The lowest BCUT2D eigenvalue weighted by Crippen LogP contribution is -2.37. The van der Waals surface area contributed by atoms with Gasteiger partial charge in [-0.1, -0.05) is 23.7 Å². The number of hydrogen-bond acceptors (Lipinski definition) is 6. The van der Waals surface area contributed by atoms with Gasteiger partial charge in [0.25, 0.3) is 5.91 Å². The summed E-state index contributed by atoms with van der Waals surface area (Å²) < 4.78 is 13.6. The highest BCUT2D eigenvalue weighted by atomic mass is 35.5. The predicted octanol–water partition coefficient (Wildman–Crippen LogP) is 4.18. The quantitative estimate of drug-likeness (QED) is 0.442. The summed E-state index contributed by atoms with van der Waals surface area (Å²) in [5.41, 5.74) is 11.5. The van der Waals surface area contributed by atoms with Gasteiger partial charge in [0, 0.05) is 59.5 Å². The van der Waals surface area contributed by atoms with E-state index < -0.39 is 6.04 Å². The van der Waals surface area contributed by atoms with Crippen LogP contribution in [0.15, 0.2) is 74.4 Å². The van der Waals surface area contributed by atoms with Gasteiger partial charge in [-0.15, -0.1) is 0 Å². The maximum Gasteiger partial charge on any atom is 0.251 e. The van der Waals surface area contributed by atoms with Crippen molar-refractivity contribution in [3.63, 3.8) is 0 Å². The summed E-state index contributed by atoms with van der Waals surface area (Å²) in [5, 5.41) is 9.76. The lowest BCUT2D eigenvalue weighted by molar-refractivity contribution is -0.117. The Labute approximate surface area is 220 Å². The smallest absolute Gasteiger partial charge is 0.251 e. The summed E-state index contributed by atoms with van der Waals surface area (Å²) in [7, 11) is 1.67. The van der Waals surface area contributed by atoms with Gasteiger partial charge in [0.05, 0.1) is 5.57 Å². The number of nitrogens with zero attached hydrogens (tertiary/aromatic N) is 3. The second-order valence-electron chi connectivity index (χ2n) is 8.89. The highest BCUT2D eigenvalue weighted by Gasteiger charge is 2.31. The summed E-state index contributed by atoms with van der Waals surface area (Å²) in [5.74, 6) is 0.329. The Morgan fingerprint density at radius 2 is 2.05 bits per heavy atom. The van der Waals surface area contributed by atoms with Crippen molar-refractivity contribution in [3.05, 3.63) is 87.0 Å². The molecule has 2 aromatic rings. The monoisotopic (exact) mass is 521 g/mol. The van der Waals surface area contributed by atoms with Crippen LogP contribution < -0.4 is 21.7 Å². The largest absolute Gasteiger partial charge is 0.404 e. The van der Waals surface area contributed by atoms with Crippen LogP contribution in [-0.2, 0) is 11.2 Å². The number of nitrogens with two attached hydrogens (primary N) is 1. The van der Waals surface area contributed by atoms with Crippen LogP contribution in [0.2, 0.25) is 5.02 Å². The molecule has 2 aliphatic rings. The summed E-state index contributed by atoms with van der Waals surface area (Å²) in [4.78, 5) is 27.0. The topological polar surface area (TPSA) is 116 Å². The van der Waals surface area contributed by atoms with Crippen molar-refractivity contribution in [2.24, 2.45) is 20.7 Å². The number of anilines is 1. The van der Waals surface area contributed by atoms with E-state index in [-0.39, 0.29) is 18.3 Å². The van der Waals surface area contributed by atoms with Gasteiger partial charge in [0.15, 0.2) is 0 Å². The number of amides is 1. The van der Waals surface area contributed by atoms with Crippen LogP contribution in [0, 0.1) is 12.7 Å². The first-order valence-corrected chi connectivity index (χ1v) is 12.1. The molecule has 0 fully saturated rings. The molecule has 2 heterocycles. The van der Waals surface area contributed by atoms with Gasteiger partial charge in [-0.3, -0.25) is 9.79 Å². The molecule has 1 unspecified atom stereocenters. The van der Waals surface area contributed by atoms with Crippen molar-refractivity contribution in [1.29, 1.82) is 0 Å². The van der Waals surface area contributed by atoms with Gasteiger partial charge in [-0.25, -0.2) is 9.38 Å². The number of aliphatic imine (C=N–C) groups is 3. The van der Waals surface area contributed by atoms with Crippen LogP contribution in [0.1, 0.15) is 36.6 Å². The Hall–Kier alpha value is -3.98. The zero-order valence-electron chi connectivity index (χ0n) is 21.1. The minimum atomic E-state index is -0.693. The van der Waals surface area contributed by atoms with E-state index in [0.717, 1.165) is 22.5 Å².